The molecule has 0 radical (unpaired) electrons. The van der Waals surface area contributed by atoms with Crippen LogP contribution in [0.2, 0.25) is 0 Å². The number of fused-ring (bicyclic) bond motifs is 1. The van der Waals surface area contributed by atoms with Crippen LogP contribution < -0.4 is 9.88 Å². The topological polar surface area (TPSA) is 82.8 Å². The summed E-state index contributed by atoms with van der Waals surface area (Å²) in [5.74, 6) is 1.82. The van der Waals surface area contributed by atoms with Crippen molar-refractivity contribution < 1.29 is 13.4 Å². The van der Waals surface area contributed by atoms with Crippen LogP contribution in [0.25, 0.3) is 15.6 Å². The van der Waals surface area contributed by atoms with E-state index in [4.69, 9.17) is 26.5 Å². The summed E-state index contributed by atoms with van der Waals surface area (Å²) in [7, 11) is 0.320. The van der Waals surface area contributed by atoms with E-state index < -0.39 is 11.0 Å². The van der Waals surface area contributed by atoms with Crippen molar-refractivity contribution >= 4 is 39.4 Å². The van der Waals surface area contributed by atoms with Crippen molar-refractivity contribution in [3.05, 3.63) is 70.3 Å². The van der Waals surface area contributed by atoms with E-state index in [1.807, 2.05) is 28.8 Å². The molecule has 3 aromatic heterocycles. The first-order chi connectivity index (χ1) is 14.6. The largest absolute Gasteiger partial charge is 0.496 e. The number of hydrogen-bond donors (Lipinski definition) is 1. The van der Waals surface area contributed by atoms with Gasteiger partial charge in [-0.2, -0.15) is 0 Å². The number of ether oxygens (including phenoxy) is 1. The predicted molar refractivity (Wildman–Crippen MR) is 123 cm³/mol. The fourth-order valence-corrected chi connectivity index (χ4v) is 5.28. The number of para-hydroxylation sites is 1. The van der Waals surface area contributed by atoms with Gasteiger partial charge in [-0.15, -0.1) is 11.3 Å². The number of pyridine rings is 1. The van der Waals surface area contributed by atoms with Crippen molar-refractivity contribution in [1.82, 2.24) is 9.38 Å². The Labute approximate surface area is 185 Å². The molecule has 0 amide bonds. The number of oxazole rings is 1. The summed E-state index contributed by atoms with van der Waals surface area (Å²) in [5, 5.41) is 5.47. The van der Waals surface area contributed by atoms with Crippen LogP contribution in [-0.2, 0) is 30.2 Å². The van der Waals surface area contributed by atoms with E-state index >= 15 is 0 Å². The van der Waals surface area contributed by atoms with Gasteiger partial charge >= 0.3 is 0 Å². The van der Waals surface area contributed by atoms with E-state index in [1.165, 1.54) is 0 Å². The number of nitrogens with two attached hydrogens (primary N) is 1. The summed E-state index contributed by atoms with van der Waals surface area (Å²) in [6.45, 7) is 0. The van der Waals surface area contributed by atoms with Gasteiger partial charge in [0.15, 0.2) is 0 Å². The van der Waals surface area contributed by atoms with Crippen LogP contribution in [0.15, 0.2) is 53.4 Å². The third kappa shape index (κ3) is 4.39. The zero-order chi connectivity index (χ0) is 21.1. The molecule has 0 bridgehead atoms. The molecule has 4 rings (SSSR count). The highest BCUT2D eigenvalue weighted by Gasteiger charge is 2.15. The minimum Gasteiger partial charge on any atom is -0.496 e. The van der Waals surface area contributed by atoms with Crippen molar-refractivity contribution in [2.45, 2.75) is 19.3 Å². The van der Waals surface area contributed by atoms with Gasteiger partial charge in [0.1, 0.15) is 26.4 Å². The molecular formula is C21H21N3O3S3. The average molecular weight is 460 g/mol. The van der Waals surface area contributed by atoms with Crippen molar-refractivity contribution in [2.75, 3.05) is 12.9 Å². The maximum absolute atomic E-state index is 11.4. The molecule has 0 spiro atoms. The normalized spacial score (nSPS) is 12.3. The molecule has 1 aromatic carbocycles. The van der Waals surface area contributed by atoms with Crippen molar-refractivity contribution in [3.8, 4) is 16.5 Å². The molecule has 1 atom stereocenters. The first-order valence-corrected chi connectivity index (χ1v) is 12.0. The number of thiazole rings is 1. The van der Waals surface area contributed by atoms with Crippen LogP contribution in [0, 0.1) is 4.64 Å². The van der Waals surface area contributed by atoms with E-state index in [-0.39, 0.29) is 0 Å². The summed E-state index contributed by atoms with van der Waals surface area (Å²) in [4.78, 5) is 6.23. The van der Waals surface area contributed by atoms with Gasteiger partial charge in [-0.25, -0.2) is 9.19 Å². The Morgan fingerprint density at radius 2 is 2.03 bits per heavy atom. The number of aryl methyl sites for hydroxylation is 3. The van der Waals surface area contributed by atoms with Crippen LogP contribution >= 0.6 is 23.6 Å². The fraction of sp³-hybridized carbons (Fsp3) is 0.238. The number of nitrogens with zero attached hydrogens (tertiary/aromatic N) is 2. The van der Waals surface area contributed by atoms with Crippen LogP contribution in [0.3, 0.4) is 0 Å². The molecule has 6 nitrogen and oxygen atoms in total. The lowest BCUT2D eigenvalue weighted by Crippen LogP contribution is -2.11. The Bertz CT molecular complexity index is 1250. The molecule has 2 N–H and O–H groups in total. The summed E-state index contributed by atoms with van der Waals surface area (Å²) in [6, 6.07) is 10.2. The second-order valence-corrected chi connectivity index (χ2v) is 9.34. The summed E-state index contributed by atoms with van der Waals surface area (Å²) in [6.07, 6.45) is 7.35. The first-order valence-electron chi connectivity index (χ1n) is 9.38. The Kier molecular flexibility index (Phi) is 6.43. The number of aromatic nitrogens is 2. The zero-order valence-corrected chi connectivity index (χ0v) is 18.8. The van der Waals surface area contributed by atoms with Gasteiger partial charge in [0.25, 0.3) is 0 Å². The van der Waals surface area contributed by atoms with Gasteiger partial charge in [0.2, 0.25) is 5.89 Å². The molecular weight excluding hydrogens is 438 g/mol. The SMILES string of the molecule is COc1ccccc1CCc1cc(CCS(N)=O)c(=S)n2cc(-c3ncco3)sc12. The Balaban J connectivity index is 1.76. The molecule has 0 aliphatic carbocycles. The van der Waals surface area contributed by atoms with Gasteiger partial charge in [-0.05, 0) is 48.1 Å². The summed E-state index contributed by atoms with van der Waals surface area (Å²) < 4.78 is 25.1. The lowest BCUT2D eigenvalue weighted by atomic mass is 10.0. The molecule has 156 valence electrons. The molecule has 0 aliphatic rings. The number of benzene rings is 1. The van der Waals surface area contributed by atoms with E-state index in [1.54, 1.807) is 30.9 Å². The third-order valence-electron chi connectivity index (χ3n) is 4.86. The molecule has 9 heteroatoms. The molecule has 0 aliphatic heterocycles. The average Bonchev–Trinajstić information content (AvgIpc) is 3.42. The first kappa shape index (κ1) is 20.9. The number of rotatable bonds is 8. The minimum absolute atomic E-state index is 0.373. The Hall–Kier alpha value is -2.33. The van der Waals surface area contributed by atoms with Gasteiger partial charge in [0, 0.05) is 11.9 Å². The Morgan fingerprint density at radius 3 is 2.77 bits per heavy atom. The van der Waals surface area contributed by atoms with Crippen LogP contribution in [0.1, 0.15) is 16.7 Å². The number of methoxy groups -OCH3 is 1. The quantitative estimate of drug-likeness (QED) is 0.396. The third-order valence-corrected chi connectivity index (χ3v) is 7.08. The van der Waals surface area contributed by atoms with Gasteiger partial charge < -0.3 is 9.15 Å². The predicted octanol–water partition coefficient (Wildman–Crippen LogP) is 4.34. The summed E-state index contributed by atoms with van der Waals surface area (Å²) >= 11 is 7.32. The van der Waals surface area contributed by atoms with E-state index in [2.05, 4.69) is 17.1 Å². The van der Waals surface area contributed by atoms with Crippen LogP contribution in [0.4, 0.5) is 0 Å². The second-order valence-electron chi connectivity index (χ2n) is 6.75. The smallest absolute Gasteiger partial charge is 0.237 e. The molecule has 3 heterocycles. The minimum atomic E-state index is -1.37. The lowest BCUT2D eigenvalue weighted by Gasteiger charge is -2.11. The van der Waals surface area contributed by atoms with Gasteiger partial charge in [-0.1, -0.05) is 30.4 Å². The van der Waals surface area contributed by atoms with E-state index in [0.717, 1.165) is 45.0 Å². The molecule has 0 saturated carbocycles. The van der Waals surface area contributed by atoms with E-state index in [9.17, 15) is 4.21 Å². The standard InChI is InChI=1S/C21H21N3O3S3/c1-26-17-5-3-2-4-14(17)6-7-16-12-15(8-11-30(22)25)20(28)24-13-18(29-21(16)24)19-23-9-10-27-19/h2-5,9-10,12-13H,6-8,11,22H2,1H3. The molecule has 4 aromatic rings. The molecule has 30 heavy (non-hydrogen) atoms. The highest BCUT2D eigenvalue weighted by Crippen LogP contribution is 2.32. The van der Waals surface area contributed by atoms with Crippen molar-refractivity contribution in [3.63, 3.8) is 0 Å². The maximum atomic E-state index is 11.4. The molecule has 0 saturated heterocycles. The molecule has 0 fully saturated rings. The highest BCUT2D eigenvalue weighted by molar-refractivity contribution is 7.82. The highest BCUT2D eigenvalue weighted by atomic mass is 32.2. The van der Waals surface area contributed by atoms with Crippen LogP contribution in [0.5, 0.6) is 5.75 Å². The maximum Gasteiger partial charge on any atom is 0.237 e. The van der Waals surface area contributed by atoms with Crippen molar-refractivity contribution in [1.29, 1.82) is 0 Å². The molecule has 1 unspecified atom stereocenters. The van der Waals surface area contributed by atoms with E-state index in [0.29, 0.717) is 22.7 Å². The van der Waals surface area contributed by atoms with Crippen molar-refractivity contribution in [2.24, 2.45) is 5.14 Å². The second kappa shape index (κ2) is 9.22. The van der Waals surface area contributed by atoms with Crippen LogP contribution in [-0.4, -0.2) is 26.5 Å². The lowest BCUT2D eigenvalue weighted by molar-refractivity contribution is 0.409. The van der Waals surface area contributed by atoms with Gasteiger partial charge in [-0.3, -0.25) is 9.54 Å². The number of hydrogen-bond acceptors (Lipinski definition) is 6. The Morgan fingerprint density at radius 1 is 1.23 bits per heavy atom. The summed E-state index contributed by atoms with van der Waals surface area (Å²) in [5.41, 5.74) is 3.28. The fourth-order valence-electron chi connectivity index (χ4n) is 3.41. The zero-order valence-electron chi connectivity index (χ0n) is 16.4. The van der Waals surface area contributed by atoms with Gasteiger partial charge in [0.05, 0.1) is 24.3 Å². The monoisotopic (exact) mass is 459 g/mol.